The number of carbonyl (C=O) groups excluding carboxylic acids is 1. The van der Waals surface area contributed by atoms with Crippen molar-refractivity contribution in [2.75, 3.05) is 39.4 Å². The number of thiazole rings is 1. The van der Waals surface area contributed by atoms with Gasteiger partial charge in [0.05, 0.1) is 36.4 Å². The molecular weight excluding hydrogens is 338 g/mol. The first-order valence-corrected chi connectivity index (χ1v) is 10.2. The zero-order chi connectivity index (χ0) is 17.4. The Kier molecular flexibility index (Phi) is 5.08. The number of aliphatic hydroxyl groups excluding tert-OH is 1. The molecule has 4 atom stereocenters. The van der Waals surface area contributed by atoms with Gasteiger partial charge in [0.25, 0.3) is 0 Å². The number of aromatic nitrogens is 1. The fourth-order valence-corrected chi connectivity index (χ4v) is 5.28. The van der Waals surface area contributed by atoms with Gasteiger partial charge in [-0.1, -0.05) is 0 Å². The van der Waals surface area contributed by atoms with Gasteiger partial charge in [0, 0.05) is 37.6 Å². The van der Waals surface area contributed by atoms with Crippen molar-refractivity contribution in [1.29, 1.82) is 0 Å². The van der Waals surface area contributed by atoms with Gasteiger partial charge < -0.3 is 14.7 Å². The standard InChI is InChI=1S/C18H27N3O3S/c1-12-19-15(11-25-12)8-18(23)21-9-13-6-16(17(22)7-14(13)10-21)20-2-4-24-5-3-20/h11,13-14,16-17,22H,2-10H2,1H3/t13-,14+,16-,17-/m1/s1. The van der Waals surface area contributed by atoms with Crippen LogP contribution < -0.4 is 0 Å². The molecule has 1 N–H and O–H groups in total. The lowest BCUT2D eigenvalue weighted by atomic mass is 9.77. The van der Waals surface area contributed by atoms with Crippen LogP contribution in [0.5, 0.6) is 0 Å². The number of hydrogen-bond donors (Lipinski definition) is 1. The van der Waals surface area contributed by atoms with E-state index in [9.17, 15) is 9.90 Å². The van der Waals surface area contributed by atoms with Crippen LogP contribution in [-0.4, -0.2) is 77.3 Å². The van der Waals surface area contributed by atoms with Gasteiger partial charge in [0.15, 0.2) is 0 Å². The zero-order valence-corrected chi connectivity index (χ0v) is 15.6. The molecule has 0 radical (unpaired) electrons. The quantitative estimate of drug-likeness (QED) is 0.863. The Bertz CT molecular complexity index is 616. The highest BCUT2D eigenvalue weighted by atomic mass is 32.1. The SMILES string of the molecule is Cc1nc(CC(=O)N2C[C@H]3C[C@@H](N4CCOCC4)[C@H](O)C[C@H]3C2)cs1. The van der Waals surface area contributed by atoms with Crippen LogP contribution in [0.25, 0.3) is 0 Å². The Morgan fingerprint density at radius 1 is 1.32 bits per heavy atom. The summed E-state index contributed by atoms with van der Waals surface area (Å²) < 4.78 is 5.44. The molecule has 7 heteroatoms. The van der Waals surface area contributed by atoms with Crippen LogP contribution in [-0.2, 0) is 16.0 Å². The normalized spacial score (nSPS) is 33.4. The molecule has 0 spiro atoms. The number of aryl methyl sites for hydroxylation is 1. The highest BCUT2D eigenvalue weighted by molar-refractivity contribution is 7.09. The Morgan fingerprint density at radius 3 is 2.72 bits per heavy atom. The topological polar surface area (TPSA) is 65.9 Å². The summed E-state index contributed by atoms with van der Waals surface area (Å²) in [7, 11) is 0. The third-order valence-corrected chi connectivity index (χ3v) is 6.80. The Hall–Kier alpha value is -1.02. The minimum absolute atomic E-state index is 0.178. The number of hydrogen-bond acceptors (Lipinski definition) is 6. The van der Waals surface area contributed by atoms with Crippen molar-refractivity contribution in [2.45, 2.75) is 38.3 Å². The van der Waals surface area contributed by atoms with E-state index in [0.717, 1.165) is 62.9 Å². The third-order valence-electron chi connectivity index (χ3n) is 5.98. The number of amides is 1. The van der Waals surface area contributed by atoms with E-state index in [2.05, 4.69) is 9.88 Å². The molecule has 25 heavy (non-hydrogen) atoms. The molecule has 1 aliphatic carbocycles. The third kappa shape index (κ3) is 3.74. The molecule has 4 rings (SSSR count). The van der Waals surface area contributed by atoms with Crippen LogP contribution in [0, 0.1) is 18.8 Å². The van der Waals surface area contributed by atoms with Gasteiger partial charge in [-0.25, -0.2) is 4.98 Å². The summed E-state index contributed by atoms with van der Waals surface area (Å²) >= 11 is 1.59. The number of aliphatic hydroxyl groups is 1. The number of ether oxygens (including phenoxy) is 1. The number of fused-ring (bicyclic) bond motifs is 1. The van der Waals surface area contributed by atoms with Crippen molar-refractivity contribution >= 4 is 17.2 Å². The van der Waals surface area contributed by atoms with E-state index in [1.54, 1.807) is 11.3 Å². The molecule has 0 unspecified atom stereocenters. The minimum atomic E-state index is -0.282. The van der Waals surface area contributed by atoms with Gasteiger partial charge in [-0.15, -0.1) is 11.3 Å². The summed E-state index contributed by atoms with van der Waals surface area (Å²) in [6, 6.07) is 0.224. The minimum Gasteiger partial charge on any atom is -0.391 e. The second kappa shape index (κ2) is 7.31. The highest BCUT2D eigenvalue weighted by Crippen LogP contribution is 2.38. The Morgan fingerprint density at radius 2 is 2.04 bits per heavy atom. The van der Waals surface area contributed by atoms with Gasteiger partial charge >= 0.3 is 0 Å². The number of likely N-dealkylation sites (tertiary alicyclic amines) is 1. The molecule has 1 amide bonds. The van der Waals surface area contributed by atoms with Crippen LogP contribution in [0.2, 0.25) is 0 Å². The molecule has 0 aromatic carbocycles. The maximum absolute atomic E-state index is 12.6. The van der Waals surface area contributed by atoms with Crippen molar-refractivity contribution in [3.05, 3.63) is 16.1 Å². The molecule has 138 valence electrons. The average molecular weight is 365 g/mol. The largest absolute Gasteiger partial charge is 0.391 e. The summed E-state index contributed by atoms with van der Waals surface area (Å²) in [5.74, 6) is 1.13. The number of rotatable bonds is 3. The van der Waals surface area contributed by atoms with Crippen molar-refractivity contribution in [3.8, 4) is 0 Å². The first kappa shape index (κ1) is 17.4. The lowest BCUT2D eigenvalue weighted by Crippen LogP contribution is -2.53. The molecule has 6 nitrogen and oxygen atoms in total. The van der Waals surface area contributed by atoms with Crippen LogP contribution in [0.1, 0.15) is 23.5 Å². The van der Waals surface area contributed by atoms with E-state index in [1.165, 1.54) is 0 Å². The van der Waals surface area contributed by atoms with Crippen molar-refractivity contribution in [1.82, 2.24) is 14.8 Å². The molecule has 3 aliphatic rings. The summed E-state index contributed by atoms with van der Waals surface area (Å²) in [6.07, 6.45) is 1.92. The lowest BCUT2D eigenvalue weighted by molar-refractivity contribution is -0.129. The molecule has 2 aliphatic heterocycles. The number of morpholine rings is 1. The Labute approximate surface area is 152 Å². The monoisotopic (exact) mass is 365 g/mol. The summed E-state index contributed by atoms with van der Waals surface area (Å²) in [5.41, 5.74) is 0.883. The number of carbonyl (C=O) groups is 1. The highest BCUT2D eigenvalue weighted by Gasteiger charge is 2.44. The van der Waals surface area contributed by atoms with Crippen molar-refractivity contribution < 1.29 is 14.6 Å². The van der Waals surface area contributed by atoms with Crippen molar-refractivity contribution in [2.24, 2.45) is 11.8 Å². The fourth-order valence-electron chi connectivity index (χ4n) is 4.67. The van der Waals surface area contributed by atoms with Gasteiger partial charge in [-0.2, -0.15) is 0 Å². The zero-order valence-electron chi connectivity index (χ0n) is 14.8. The first-order chi connectivity index (χ1) is 12.1. The summed E-state index contributed by atoms with van der Waals surface area (Å²) in [6.45, 7) is 6.93. The van der Waals surface area contributed by atoms with Crippen LogP contribution in [0.4, 0.5) is 0 Å². The van der Waals surface area contributed by atoms with Crippen LogP contribution in [0.15, 0.2) is 5.38 Å². The first-order valence-electron chi connectivity index (χ1n) is 9.29. The van der Waals surface area contributed by atoms with Crippen LogP contribution in [0.3, 0.4) is 0 Å². The summed E-state index contributed by atoms with van der Waals surface area (Å²) in [5, 5.41) is 13.6. The second-order valence-corrected chi connectivity index (χ2v) is 8.67. The smallest absolute Gasteiger partial charge is 0.228 e. The van der Waals surface area contributed by atoms with Gasteiger partial charge in [0.2, 0.25) is 5.91 Å². The molecule has 3 heterocycles. The van der Waals surface area contributed by atoms with E-state index in [-0.39, 0.29) is 18.1 Å². The average Bonchev–Trinajstić information content (AvgIpc) is 3.20. The van der Waals surface area contributed by atoms with Gasteiger partial charge in [0.1, 0.15) is 0 Å². The molecule has 1 aromatic rings. The maximum atomic E-state index is 12.6. The Balaban J connectivity index is 1.36. The van der Waals surface area contributed by atoms with E-state index in [1.807, 2.05) is 17.2 Å². The van der Waals surface area contributed by atoms with E-state index < -0.39 is 0 Å². The molecule has 1 saturated carbocycles. The number of nitrogens with zero attached hydrogens (tertiary/aromatic N) is 3. The molecule has 1 aromatic heterocycles. The van der Waals surface area contributed by atoms with E-state index >= 15 is 0 Å². The molecular formula is C18H27N3O3S. The van der Waals surface area contributed by atoms with Gasteiger partial charge in [-0.3, -0.25) is 9.69 Å². The van der Waals surface area contributed by atoms with E-state index in [0.29, 0.717) is 18.3 Å². The molecule has 3 fully saturated rings. The fraction of sp³-hybridized carbons (Fsp3) is 0.778. The maximum Gasteiger partial charge on any atom is 0.228 e. The molecule has 2 saturated heterocycles. The van der Waals surface area contributed by atoms with Gasteiger partial charge in [-0.05, 0) is 31.6 Å². The molecule has 0 bridgehead atoms. The van der Waals surface area contributed by atoms with Crippen LogP contribution >= 0.6 is 11.3 Å². The second-order valence-electron chi connectivity index (χ2n) is 7.61. The summed E-state index contributed by atoms with van der Waals surface area (Å²) in [4.78, 5) is 21.4. The van der Waals surface area contributed by atoms with E-state index in [4.69, 9.17) is 4.74 Å². The predicted molar refractivity (Wildman–Crippen MR) is 95.5 cm³/mol. The lowest BCUT2D eigenvalue weighted by Gasteiger charge is -2.43. The predicted octanol–water partition coefficient (Wildman–Crippen LogP) is 0.924. The van der Waals surface area contributed by atoms with Crippen molar-refractivity contribution in [3.63, 3.8) is 0 Å².